The lowest BCUT2D eigenvalue weighted by Gasteiger charge is -2.23. The second-order valence-corrected chi connectivity index (χ2v) is 8.12. The number of benzene rings is 1. The number of thiophene rings is 1. The Kier molecular flexibility index (Phi) is 4.78. The number of nitrogens with one attached hydrogen (secondary N) is 1. The molecule has 0 bridgehead atoms. The van der Waals surface area contributed by atoms with E-state index in [-0.39, 0.29) is 17.3 Å². The van der Waals surface area contributed by atoms with Crippen molar-refractivity contribution in [2.75, 3.05) is 5.32 Å². The van der Waals surface area contributed by atoms with Gasteiger partial charge < -0.3 is 5.32 Å². The lowest BCUT2D eigenvalue weighted by atomic mass is 9.95. The fraction of sp³-hybridized carbons (Fsp3) is 0.350. The number of carbonyl (C=O) groups is 1. The third-order valence-corrected chi connectivity index (χ3v) is 6.20. The van der Waals surface area contributed by atoms with E-state index in [9.17, 15) is 14.0 Å². The van der Waals surface area contributed by atoms with Crippen molar-refractivity contribution in [1.29, 1.82) is 0 Å². The highest BCUT2D eigenvalue weighted by Crippen LogP contribution is 2.31. The van der Waals surface area contributed by atoms with Crippen LogP contribution in [0.15, 0.2) is 35.4 Å². The van der Waals surface area contributed by atoms with Crippen molar-refractivity contribution in [3.63, 3.8) is 0 Å². The molecule has 2 heterocycles. The second kappa shape index (κ2) is 7.23. The van der Waals surface area contributed by atoms with Gasteiger partial charge in [0.2, 0.25) is 0 Å². The number of aryl methyl sites for hydroxylation is 1. The van der Waals surface area contributed by atoms with Crippen LogP contribution in [-0.2, 0) is 0 Å². The van der Waals surface area contributed by atoms with Gasteiger partial charge in [-0.15, -0.1) is 11.3 Å². The number of para-hydroxylation sites is 1. The summed E-state index contributed by atoms with van der Waals surface area (Å²) in [6.45, 7) is 1.78. The lowest BCUT2D eigenvalue weighted by Crippen LogP contribution is -2.26. The molecule has 3 aromatic rings. The van der Waals surface area contributed by atoms with Crippen molar-refractivity contribution < 1.29 is 9.18 Å². The standard InChI is InChI=1S/C20H20FN3O2S/c1-12-16(19(25)23-15-10-6-5-9-14(15)21)17-18(27-12)20(26)24(11-22-17)13-7-3-2-4-8-13/h5-6,9-11,13H,2-4,7-8H2,1H3,(H,23,25). The van der Waals surface area contributed by atoms with E-state index in [1.54, 1.807) is 30.0 Å². The van der Waals surface area contributed by atoms with Crippen LogP contribution in [0, 0.1) is 12.7 Å². The fourth-order valence-corrected chi connectivity index (χ4v) is 4.77. The maximum atomic E-state index is 13.8. The molecule has 1 aromatic carbocycles. The molecule has 4 rings (SSSR count). The molecular weight excluding hydrogens is 365 g/mol. The molecule has 2 aromatic heterocycles. The topological polar surface area (TPSA) is 64.0 Å². The van der Waals surface area contributed by atoms with Gasteiger partial charge in [0.1, 0.15) is 16.0 Å². The molecule has 140 valence electrons. The van der Waals surface area contributed by atoms with Crippen molar-refractivity contribution in [2.24, 2.45) is 0 Å². The smallest absolute Gasteiger partial charge is 0.271 e. The van der Waals surface area contributed by atoms with Crippen LogP contribution >= 0.6 is 11.3 Å². The minimum atomic E-state index is -0.504. The molecule has 0 radical (unpaired) electrons. The molecule has 27 heavy (non-hydrogen) atoms. The highest BCUT2D eigenvalue weighted by Gasteiger charge is 2.23. The van der Waals surface area contributed by atoms with Gasteiger partial charge in [-0.1, -0.05) is 31.4 Å². The largest absolute Gasteiger partial charge is 0.319 e. The van der Waals surface area contributed by atoms with Crippen molar-refractivity contribution >= 4 is 33.1 Å². The van der Waals surface area contributed by atoms with Gasteiger partial charge in [0.25, 0.3) is 11.5 Å². The zero-order valence-electron chi connectivity index (χ0n) is 15.0. The van der Waals surface area contributed by atoms with E-state index in [1.165, 1.54) is 29.9 Å². The number of rotatable bonds is 3. The normalized spacial score (nSPS) is 15.2. The van der Waals surface area contributed by atoms with Gasteiger partial charge >= 0.3 is 0 Å². The molecule has 1 N–H and O–H groups in total. The van der Waals surface area contributed by atoms with E-state index in [4.69, 9.17) is 0 Å². The highest BCUT2D eigenvalue weighted by molar-refractivity contribution is 7.19. The molecule has 0 saturated heterocycles. The molecule has 0 atom stereocenters. The summed E-state index contributed by atoms with van der Waals surface area (Å²) in [5.74, 6) is -0.957. The molecule has 7 heteroatoms. The summed E-state index contributed by atoms with van der Waals surface area (Å²) in [5.41, 5.74) is 0.747. The van der Waals surface area contributed by atoms with Crippen molar-refractivity contribution in [2.45, 2.75) is 45.1 Å². The minimum absolute atomic E-state index is 0.0926. The van der Waals surface area contributed by atoms with Gasteiger partial charge in [0.15, 0.2) is 0 Å². The van der Waals surface area contributed by atoms with E-state index < -0.39 is 11.7 Å². The summed E-state index contributed by atoms with van der Waals surface area (Å²) < 4.78 is 16.1. The molecule has 0 spiro atoms. The Bertz CT molecular complexity index is 1070. The summed E-state index contributed by atoms with van der Waals surface area (Å²) in [6.07, 6.45) is 6.98. The SMILES string of the molecule is Cc1sc2c(=O)n(C3CCCCC3)cnc2c1C(=O)Nc1ccccc1F. The summed E-state index contributed by atoms with van der Waals surface area (Å²) in [6, 6.07) is 6.18. The molecule has 1 aliphatic carbocycles. The lowest BCUT2D eigenvalue weighted by molar-refractivity contribution is 0.102. The Morgan fingerprint density at radius 1 is 1.26 bits per heavy atom. The minimum Gasteiger partial charge on any atom is -0.319 e. The van der Waals surface area contributed by atoms with Crippen molar-refractivity contribution in [3.05, 3.63) is 57.2 Å². The Balaban J connectivity index is 1.73. The van der Waals surface area contributed by atoms with Gasteiger partial charge in [-0.3, -0.25) is 14.2 Å². The summed E-state index contributed by atoms with van der Waals surface area (Å²) in [5, 5.41) is 2.59. The predicted molar refractivity (Wildman–Crippen MR) is 105 cm³/mol. The first-order valence-electron chi connectivity index (χ1n) is 9.12. The van der Waals surface area contributed by atoms with Crippen LogP contribution in [0.4, 0.5) is 10.1 Å². The van der Waals surface area contributed by atoms with Crippen LogP contribution in [0.25, 0.3) is 10.2 Å². The Hall–Kier alpha value is -2.54. The maximum absolute atomic E-state index is 13.8. The first kappa shape index (κ1) is 17.9. The van der Waals surface area contributed by atoms with Gasteiger partial charge in [-0.05, 0) is 31.9 Å². The first-order valence-corrected chi connectivity index (χ1v) is 9.94. The van der Waals surface area contributed by atoms with E-state index in [0.717, 1.165) is 25.7 Å². The van der Waals surface area contributed by atoms with Crippen LogP contribution in [0.2, 0.25) is 0 Å². The van der Waals surface area contributed by atoms with Crippen LogP contribution in [0.3, 0.4) is 0 Å². The van der Waals surface area contributed by atoms with E-state index in [2.05, 4.69) is 10.3 Å². The van der Waals surface area contributed by atoms with E-state index >= 15 is 0 Å². The maximum Gasteiger partial charge on any atom is 0.271 e. The molecule has 5 nitrogen and oxygen atoms in total. The Morgan fingerprint density at radius 3 is 2.74 bits per heavy atom. The average Bonchev–Trinajstić information content (AvgIpc) is 3.01. The molecule has 0 unspecified atom stereocenters. The molecule has 1 amide bonds. The molecule has 0 aliphatic heterocycles. The van der Waals surface area contributed by atoms with Gasteiger partial charge in [-0.2, -0.15) is 0 Å². The van der Waals surface area contributed by atoms with Crippen LogP contribution in [0.5, 0.6) is 0 Å². The summed E-state index contributed by atoms with van der Waals surface area (Å²) in [7, 11) is 0. The zero-order chi connectivity index (χ0) is 19.0. The van der Waals surface area contributed by atoms with Crippen molar-refractivity contribution in [3.8, 4) is 0 Å². The van der Waals surface area contributed by atoms with E-state index in [1.807, 2.05) is 0 Å². The van der Waals surface area contributed by atoms with Crippen LogP contribution in [0.1, 0.15) is 53.4 Å². The number of hydrogen-bond donors (Lipinski definition) is 1. The third kappa shape index (κ3) is 3.27. The number of nitrogens with zero attached hydrogens (tertiary/aromatic N) is 2. The second-order valence-electron chi connectivity index (χ2n) is 6.89. The highest BCUT2D eigenvalue weighted by atomic mass is 32.1. The predicted octanol–water partition coefficient (Wildman–Crippen LogP) is 4.66. The van der Waals surface area contributed by atoms with Gasteiger partial charge in [0, 0.05) is 10.9 Å². The monoisotopic (exact) mass is 385 g/mol. The van der Waals surface area contributed by atoms with Crippen molar-refractivity contribution in [1.82, 2.24) is 9.55 Å². The summed E-state index contributed by atoms with van der Waals surface area (Å²) >= 11 is 1.28. The fourth-order valence-electron chi connectivity index (χ4n) is 3.72. The van der Waals surface area contributed by atoms with Crippen LogP contribution in [-0.4, -0.2) is 15.5 Å². The molecule has 1 fully saturated rings. The summed E-state index contributed by atoms with van der Waals surface area (Å²) in [4.78, 5) is 30.9. The third-order valence-electron chi connectivity index (χ3n) is 5.12. The number of amides is 1. The Morgan fingerprint density at radius 2 is 2.00 bits per heavy atom. The van der Waals surface area contributed by atoms with E-state index in [0.29, 0.717) is 20.7 Å². The molecular formula is C20H20FN3O2S. The number of carbonyl (C=O) groups excluding carboxylic acids is 1. The number of halogens is 1. The number of fused-ring (bicyclic) bond motifs is 1. The molecule has 1 aliphatic rings. The average molecular weight is 385 g/mol. The number of anilines is 1. The van der Waals surface area contributed by atoms with Gasteiger partial charge in [-0.25, -0.2) is 9.37 Å². The molecule has 1 saturated carbocycles. The number of aromatic nitrogens is 2. The zero-order valence-corrected chi connectivity index (χ0v) is 15.8. The van der Waals surface area contributed by atoms with Gasteiger partial charge in [0.05, 0.1) is 17.6 Å². The first-order chi connectivity index (χ1) is 13.1. The number of hydrogen-bond acceptors (Lipinski definition) is 4. The Labute approximate surface area is 159 Å². The van der Waals surface area contributed by atoms with Crippen LogP contribution < -0.4 is 10.9 Å². The quantitative estimate of drug-likeness (QED) is 0.713.